The lowest BCUT2D eigenvalue weighted by Gasteiger charge is -2.14. The van der Waals surface area contributed by atoms with E-state index in [9.17, 15) is 9.59 Å². The van der Waals surface area contributed by atoms with Gasteiger partial charge in [0.05, 0.1) is 12.3 Å². The molecule has 0 aliphatic rings. The van der Waals surface area contributed by atoms with Crippen molar-refractivity contribution < 1.29 is 14.0 Å². The lowest BCUT2D eigenvalue weighted by molar-refractivity contribution is -0.121. The van der Waals surface area contributed by atoms with Gasteiger partial charge in [-0.2, -0.15) is 0 Å². The molecule has 22 heavy (non-hydrogen) atoms. The summed E-state index contributed by atoms with van der Waals surface area (Å²) in [5, 5.41) is 5.65. The summed E-state index contributed by atoms with van der Waals surface area (Å²) in [6, 6.07) is 13.0. The fourth-order valence-electron chi connectivity index (χ4n) is 2.08. The number of hydrogen-bond acceptors (Lipinski definition) is 3. The maximum atomic E-state index is 11.9. The highest BCUT2D eigenvalue weighted by molar-refractivity contribution is 5.91. The van der Waals surface area contributed by atoms with Crippen molar-refractivity contribution in [1.82, 2.24) is 10.6 Å². The molecule has 2 rings (SSSR count). The molecule has 0 aliphatic heterocycles. The summed E-state index contributed by atoms with van der Waals surface area (Å²) in [7, 11) is 0. The summed E-state index contributed by atoms with van der Waals surface area (Å²) in [6.07, 6.45) is 2.41. The molecule has 1 atom stereocenters. The third kappa shape index (κ3) is 4.77. The first-order chi connectivity index (χ1) is 10.7. The van der Waals surface area contributed by atoms with Crippen molar-refractivity contribution in [2.75, 3.05) is 6.54 Å². The van der Waals surface area contributed by atoms with Crippen molar-refractivity contribution in [2.24, 2.45) is 0 Å². The van der Waals surface area contributed by atoms with Gasteiger partial charge < -0.3 is 15.1 Å². The summed E-state index contributed by atoms with van der Waals surface area (Å²) in [5.41, 5.74) is 1.07. The van der Waals surface area contributed by atoms with Gasteiger partial charge in [-0.15, -0.1) is 0 Å². The molecule has 116 valence electrons. The monoisotopic (exact) mass is 300 g/mol. The molecule has 5 nitrogen and oxygen atoms in total. The van der Waals surface area contributed by atoms with E-state index in [1.54, 1.807) is 12.1 Å². The Hall–Kier alpha value is -2.56. The van der Waals surface area contributed by atoms with Crippen LogP contribution in [0.1, 0.15) is 41.9 Å². The van der Waals surface area contributed by atoms with Gasteiger partial charge in [0.1, 0.15) is 0 Å². The summed E-state index contributed by atoms with van der Waals surface area (Å²) in [5.74, 6) is -0.00573. The normalized spacial score (nSPS) is 11.7. The van der Waals surface area contributed by atoms with Crippen LogP contribution in [0.2, 0.25) is 0 Å². The van der Waals surface area contributed by atoms with Crippen LogP contribution in [-0.2, 0) is 4.79 Å². The highest BCUT2D eigenvalue weighted by atomic mass is 16.3. The lowest BCUT2D eigenvalue weighted by Crippen LogP contribution is -2.28. The zero-order valence-corrected chi connectivity index (χ0v) is 12.5. The molecular formula is C17H20N2O3. The predicted molar refractivity (Wildman–Crippen MR) is 83.3 cm³/mol. The largest absolute Gasteiger partial charge is 0.459 e. The van der Waals surface area contributed by atoms with E-state index >= 15 is 0 Å². The minimum absolute atomic E-state index is 0.0218. The molecule has 0 radical (unpaired) electrons. The predicted octanol–water partition coefficient (Wildman–Crippen LogP) is 2.67. The summed E-state index contributed by atoms with van der Waals surface area (Å²) < 4.78 is 4.98. The topological polar surface area (TPSA) is 71.3 Å². The van der Waals surface area contributed by atoms with Gasteiger partial charge in [-0.05, 0) is 31.0 Å². The lowest BCUT2D eigenvalue weighted by atomic mass is 10.1. The summed E-state index contributed by atoms with van der Waals surface area (Å²) in [4.78, 5) is 23.5. The first-order valence-electron chi connectivity index (χ1n) is 7.33. The van der Waals surface area contributed by atoms with E-state index in [-0.39, 0.29) is 23.6 Å². The number of nitrogens with one attached hydrogen (secondary N) is 2. The zero-order valence-electron chi connectivity index (χ0n) is 12.5. The number of rotatable bonds is 7. The Morgan fingerprint density at radius 3 is 2.59 bits per heavy atom. The van der Waals surface area contributed by atoms with Crippen LogP contribution < -0.4 is 10.6 Å². The van der Waals surface area contributed by atoms with Crippen LogP contribution in [0.4, 0.5) is 0 Å². The zero-order chi connectivity index (χ0) is 15.8. The summed E-state index contributed by atoms with van der Waals surface area (Å²) >= 11 is 0. The van der Waals surface area contributed by atoms with Crippen LogP contribution in [0.3, 0.4) is 0 Å². The Morgan fingerprint density at radius 1 is 1.14 bits per heavy atom. The van der Waals surface area contributed by atoms with Crippen LogP contribution in [0.15, 0.2) is 53.1 Å². The number of benzene rings is 1. The Labute approximate surface area is 129 Å². The van der Waals surface area contributed by atoms with Crippen molar-refractivity contribution in [3.05, 3.63) is 60.1 Å². The van der Waals surface area contributed by atoms with E-state index in [1.165, 1.54) is 6.26 Å². The smallest absolute Gasteiger partial charge is 0.286 e. The van der Waals surface area contributed by atoms with Crippen molar-refractivity contribution in [3.8, 4) is 0 Å². The molecule has 1 heterocycles. The third-order valence-corrected chi connectivity index (χ3v) is 3.29. The molecule has 0 aliphatic carbocycles. The van der Waals surface area contributed by atoms with Crippen molar-refractivity contribution >= 4 is 11.8 Å². The Kier molecular flexibility index (Phi) is 5.77. The van der Waals surface area contributed by atoms with Gasteiger partial charge in [0.15, 0.2) is 5.76 Å². The SMILES string of the molecule is CC(NC(=O)CCCNC(=O)c1ccco1)c1ccccc1. The van der Waals surface area contributed by atoms with Gasteiger partial charge in [-0.25, -0.2) is 0 Å². The van der Waals surface area contributed by atoms with Crippen LogP contribution in [0, 0.1) is 0 Å². The highest BCUT2D eigenvalue weighted by Crippen LogP contribution is 2.11. The van der Waals surface area contributed by atoms with E-state index in [1.807, 2.05) is 37.3 Å². The molecule has 0 bridgehead atoms. The van der Waals surface area contributed by atoms with E-state index in [4.69, 9.17) is 4.42 Å². The van der Waals surface area contributed by atoms with Gasteiger partial charge in [0, 0.05) is 13.0 Å². The second-order valence-electron chi connectivity index (χ2n) is 5.04. The Bertz CT molecular complexity index is 594. The van der Waals surface area contributed by atoms with E-state index < -0.39 is 0 Å². The maximum absolute atomic E-state index is 11.9. The molecule has 1 aromatic heterocycles. The molecule has 2 N–H and O–H groups in total. The minimum Gasteiger partial charge on any atom is -0.459 e. The molecular weight excluding hydrogens is 280 g/mol. The molecule has 0 spiro atoms. The van der Waals surface area contributed by atoms with Crippen LogP contribution >= 0.6 is 0 Å². The van der Waals surface area contributed by atoms with Crippen LogP contribution in [-0.4, -0.2) is 18.4 Å². The first-order valence-corrected chi connectivity index (χ1v) is 7.33. The number of hydrogen-bond donors (Lipinski definition) is 2. The van der Waals surface area contributed by atoms with Crippen LogP contribution in [0.25, 0.3) is 0 Å². The molecule has 0 fully saturated rings. The fourth-order valence-corrected chi connectivity index (χ4v) is 2.08. The average Bonchev–Trinajstić information content (AvgIpc) is 3.06. The van der Waals surface area contributed by atoms with Gasteiger partial charge in [-0.3, -0.25) is 9.59 Å². The maximum Gasteiger partial charge on any atom is 0.286 e. The number of carbonyl (C=O) groups excluding carboxylic acids is 2. The molecule has 0 saturated heterocycles. The summed E-state index contributed by atoms with van der Waals surface area (Å²) in [6.45, 7) is 2.39. The van der Waals surface area contributed by atoms with Gasteiger partial charge in [-0.1, -0.05) is 30.3 Å². The number of amides is 2. The molecule has 1 aromatic carbocycles. The van der Waals surface area contributed by atoms with Gasteiger partial charge >= 0.3 is 0 Å². The Morgan fingerprint density at radius 2 is 1.91 bits per heavy atom. The average molecular weight is 300 g/mol. The molecule has 0 saturated carbocycles. The van der Waals surface area contributed by atoms with Crippen LogP contribution in [0.5, 0.6) is 0 Å². The van der Waals surface area contributed by atoms with Gasteiger partial charge in [0.25, 0.3) is 5.91 Å². The van der Waals surface area contributed by atoms with E-state index in [2.05, 4.69) is 10.6 Å². The quantitative estimate of drug-likeness (QED) is 0.772. The van der Waals surface area contributed by atoms with Crippen molar-refractivity contribution in [1.29, 1.82) is 0 Å². The standard InChI is InChI=1S/C17H20N2O3/c1-13(14-7-3-2-4-8-14)19-16(20)10-5-11-18-17(21)15-9-6-12-22-15/h2-4,6-9,12-13H,5,10-11H2,1H3,(H,18,21)(H,19,20). The number of carbonyl (C=O) groups is 2. The molecule has 5 heteroatoms. The Balaban J connectivity index is 1.65. The third-order valence-electron chi connectivity index (χ3n) is 3.29. The van der Waals surface area contributed by atoms with Crippen molar-refractivity contribution in [2.45, 2.75) is 25.8 Å². The van der Waals surface area contributed by atoms with Gasteiger partial charge in [0.2, 0.25) is 5.91 Å². The minimum atomic E-state index is -0.261. The molecule has 1 unspecified atom stereocenters. The van der Waals surface area contributed by atoms with E-state index in [0.29, 0.717) is 19.4 Å². The fraction of sp³-hybridized carbons (Fsp3) is 0.294. The van der Waals surface area contributed by atoms with Crippen molar-refractivity contribution in [3.63, 3.8) is 0 Å². The van der Waals surface area contributed by atoms with E-state index in [0.717, 1.165) is 5.56 Å². The highest BCUT2D eigenvalue weighted by Gasteiger charge is 2.10. The first kappa shape index (κ1) is 15.8. The molecule has 2 aromatic rings. The number of furan rings is 1. The second-order valence-corrected chi connectivity index (χ2v) is 5.04. The second kappa shape index (κ2) is 8.02. The molecule has 2 amide bonds.